The Morgan fingerprint density at radius 1 is 1.00 bits per heavy atom. The van der Waals surface area contributed by atoms with Crippen molar-refractivity contribution >= 4 is 22.8 Å². The van der Waals surface area contributed by atoms with Crippen LogP contribution in [0.2, 0.25) is 5.02 Å². The van der Waals surface area contributed by atoms with Crippen LogP contribution in [0.3, 0.4) is 0 Å². The van der Waals surface area contributed by atoms with Crippen LogP contribution in [0.5, 0.6) is 11.9 Å². The third-order valence-corrected chi connectivity index (χ3v) is 7.51. The molecule has 2 aliphatic heterocycles. The number of pyridine rings is 1. The Kier molecular flexibility index (Phi) is 5.73. The predicted molar refractivity (Wildman–Crippen MR) is 132 cm³/mol. The molecule has 1 aliphatic carbocycles. The maximum absolute atomic E-state index is 15.3. The molecule has 0 bridgehead atoms. The van der Waals surface area contributed by atoms with Crippen LogP contribution in [0.1, 0.15) is 23.7 Å². The average Bonchev–Trinajstić information content (AvgIpc) is 3.66. The SMILES string of the molecule is O[C@@H]1CO[C@H]2[C@@H]1OC[C@H]2Oc1nc2nc(OC3CCc4cc(-c5cccc(F)c5)cc(F)c43)c(Cl)cc2[nH]1. The first-order valence-corrected chi connectivity index (χ1v) is 12.7. The van der Waals surface area contributed by atoms with E-state index in [1.165, 1.54) is 18.2 Å². The second-order valence-corrected chi connectivity index (χ2v) is 10.1. The van der Waals surface area contributed by atoms with Gasteiger partial charge in [0.1, 0.15) is 41.1 Å². The highest BCUT2D eigenvalue weighted by Gasteiger charge is 2.48. The number of H-pyrrole nitrogens is 1. The van der Waals surface area contributed by atoms with Crippen molar-refractivity contribution in [1.82, 2.24) is 15.0 Å². The van der Waals surface area contributed by atoms with Crippen molar-refractivity contribution in [3.63, 3.8) is 0 Å². The van der Waals surface area contributed by atoms with E-state index >= 15 is 4.39 Å². The normalized spacial score (nSPS) is 26.1. The van der Waals surface area contributed by atoms with Crippen LogP contribution in [0.25, 0.3) is 22.3 Å². The van der Waals surface area contributed by atoms with Crippen molar-refractivity contribution in [3.8, 4) is 23.0 Å². The van der Waals surface area contributed by atoms with Gasteiger partial charge in [-0.3, -0.25) is 0 Å². The van der Waals surface area contributed by atoms with Gasteiger partial charge in [-0.05, 0) is 53.8 Å². The summed E-state index contributed by atoms with van der Waals surface area (Å²) in [5.41, 5.74) is 3.33. The van der Waals surface area contributed by atoms with E-state index in [4.69, 9.17) is 30.5 Å². The second-order valence-electron chi connectivity index (χ2n) is 9.69. The van der Waals surface area contributed by atoms with Crippen molar-refractivity contribution in [3.05, 3.63) is 70.2 Å². The number of nitrogens with zero attached hydrogens (tertiary/aromatic N) is 2. The molecule has 1 unspecified atom stereocenters. The first-order chi connectivity index (χ1) is 18.4. The van der Waals surface area contributed by atoms with Gasteiger partial charge in [0, 0.05) is 5.56 Å². The molecule has 38 heavy (non-hydrogen) atoms. The van der Waals surface area contributed by atoms with Crippen LogP contribution >= 0.6 is 11.6 Å². The summed E-state index contributed by atoms with van der Waals surface area (Å²) < 4.78 is 52.1. The van der Waals surface area contributed by atoms with Crippen molar-refractivity contribution < 1.29 is 32.8 Å². The van der Waals surface area contributed by atoms with Crippen molar-refractivity contribution in [1.29, 1.82) is 0 Å². The molecule has 4 heterocycles. The van der Waals surface area contributed by atoms with Gasteiger partial charge in [0.05, 0.1) is 18.7 Å². The van der Waals surface area contributed by atoms with Gasteiger partial charge in [-0.15, -0.1) is 0 Å². The lowest BCUT2D eigenvalue weighted by atomic mass is 9.99. The second kappa shape index (κ2) is 9.16. The van der Waals surface area contributed by atoms with Gasteiger partial charge in [-0.2, -0.15) is 9.97 Å². The van der Waals surface area contributed by atoms with Gasteiger partial charge in [0.15, 0.2) is 11.8 Å². The third kappa shape index (κ3) is 4.08. The van der Waals surface area contributed by atoms with E-state index in [1.807, 2.05) is 6.07 Å². The lowest BCUT2D eigenvalue weighted by molar-refractivity contribution is 0.00706. The van der Waals surface area contributed by atoms with E-state index < -0.39 is 30.2 Å². The maximum Gasteiger partial charge on any atom is 0.296 e. The number of rotatable bonds is 5. The fraction of sp³-hybridized carbons (Fsp3) is 0.333. The summed E-state index contributed by atoms with van der Waals surface area (Å²) >= 11 is 6.46. The molecule has 0 spiro atoms. The number of aromatic amines is 1. The van der Waals surface area contributed by atoms with Gasteiger partial charge >= 0.3 is 0 Å². The Bertz CT molecular complexity index is 1550. The molecular weight excluding hydrogens is 520 g/mol. The van der Waals surface area contributed by atoms with Crippen LogP contribution in [-0.2, 0) is 15.9 Å². The minimum atomic E-state index is -0.678. The average molecular weight is 542 g/mol. The number of imidazole rings is 1. The Morgan fingerprint density at radius 2 is 1.87 bits per heavy atom. The zero-order chi connectivity index (χ0) is 26.0. The zero-order valence-electron chi connectivity index (χ0n) is 19.9. The first kappa shape index (κ1) is 23.8. The van der Waals surface area contributed by atoms with Crippen molar-refractivity contribution in [2.45, 2.75) is 43.4 Å². The molecule has 0 saturated carbocycles. The Labute approximate surface area is 220 Å². The molecule has 4 aromatic rings. The first-order valence-electron chi connectivity index (χ1n) is 12.3. The topological polar surface area (TPSA) is 98.7 Å². The fourth-order valence-electron chi connectivity index (χ4n) is 5.47. The summed E-state index contributed by atoms with van der Waals surface area (Å²) in [5, 5.41) is 10.2. The Hall–Kier alpha value is -3.31. The van der Waals surface area contributed by atoms with Gasteiger partial charge in [0.25, 0.3) is 6.01 Å². The third-order valence-electron chi connectivity index (χ3n) is 7.24. The smallest absolute Gasteiger partial charge is 0.296 e. The molecule has 2 N–H and O–H groups in total. The standard InChI is InChI=1S/C27H22ClF2N3O5/c28-16-9-18-25(33-27(31-18)38-21-11-36-23-19(34)10-35-24(21)23)32-26(16)37-20-5-4-13-6-14(8-17(30)22(13)20)12-2-1-3-15(29)7-12/h1-3,6-9,19-21,23-24,34H,4-5,10-11H2,(H,31,32,33)/t19-,20?,21-,23-,24-/m1/s1. The Morgan fingerprint density at radius 3 is 2.74 bits per heavy atom. The van der Waals surface area contributed by atoms with E-state index in [0.29, 0.717) is 40.7 Å². The molecule has 2 aromatic heterocycles. The monoisotopic (exact) mass is 541 g/mol. The molecular formula is C27H22ClF2N3O5. The summed E-state index contributed by atoms with van der Waals surface area (Å²) in [7, 11) is 0. The number of hydrogen-bond donors (Lipinski definition) is 2. The minimum Gasteiger partial charge on any atom is -0.468 e. The maximum atomic E-state index is 15.3. The predicted octanol–water partition coefficient (Wildman–Crippen LogP) is 4.53. The number of halogens is 3. The van der Waals surface area contributed by atoms with E-state index in [9.17, 15) is 9.50 Å². The molecule has 3 aliphatic rings. The Balaban J connectivity index is 1.12. The summed E-state index contributed by atoms with van der Waals surface area (Å²) in [6, 6.07) is 11.2. The number of aliphatic hydroxyl groups excluding tert-OH is 1. The molecule has 2 saturated heterocycles. The van der Waals surface area contributed by atoms with Crippen LogP contribution in [0, 0.1) is 11.6 Å². The van der Waals surface area contributed by atoms with Crippen LogP contribution in [0.15, 0.2) is 42.5 Å². The molecule has 2 fully saturated rings. The van der Waals surface area contributed by atoms with Gasteiger partial charge < -0.3 is 29.0 Å². The number of nitrogens with one attached hydrogen (secondary N) is 1. The number of aliphatic hydroxyl groups is 1. The van der Waals surface area contributed by atoms with Crippen molar-refractivity contribution in [2.24, 2.45) is 0 Å². The van der Waals surface area contributed by atoms with Gasteiger partial charge in [-0.1, -0.05) is 29.8 Å². The molecule has 0 amide bonds. The van der Waals surface area contributed by atoms with Gasteiger partial charge in [-0.25, -0.2) is 8.78 Å². The highest BCUT2D eigenvalue weighted by Crippen LogP contribution is 2.41. The number of aromatic nitrogens is 3. The minimum absolute atomic E-state index is 0.134. The fourth-order valence-corrected chi connectivity index (χ4v) is 5.66. The van der Waals surface area contributed by atoms with E-state index in [2.05, 4.69) is 15.0 Å². The quantitative estimate of drug-likeness (QED) is 0.383. The lowest BCUT2D eigenvalue weighted by Gasteiger charge is -2.16. The number of fused-ring (bicyclic) bond motifs is 3. The lowest BCUT2D eigenvalue weighted by Crippen LogP contribution is -2.34. The van der Waals surface area contributed by atoms with E-state index in [1.54, 1.807) is 18.2 Å². The summed E-state index contributed by atoms with van der Waals surface area (Å²) in [6.45, 7) is 0.462. The van der Waals surface area contributed by atoms with Gasteiger partial charge in [0.2, 0.25) is 5.88 Å². The van der Waals surface area contributed by atoms with Crippen LogP contribution < -0.4 is 9.47 Å². The molecule has 196 valence electrons. The molecule has 2 aromatic carbocycles. The summed E-state index contributed by atoms with van der Waals surface area (Å²) in [5.74, 6) is -0.664. The van der Waals surface area contributed by atoms with Crippen molar-refractivity contribution in [2.75, 3.05) is 13.2 Å². The number of benzene rings is 2. The summed E-state index contributed by atoms with van der Waals surface area (Å²) in [4.78, 5) is 11.9. The molecule has 7 rings (SSSR count). The van der Waals surface area contributed by atoms with Crippen LogP contribution in [0.4, 0.5) is 8.78 Å². The van der Waals surface area contributed by atoms with E-state index in [-0.39, 0.29) is 42.0 Å². The van der Waals surface area contributed by atoms with E-state index in [0.717, 1.165) is 5.56 Å². The number of hydrogen-bond acceptors (Lipinski definition) is 7. The largest absolute Gasteiger partial charge is 0.468 e. The number of aryl methyl sites for hydroxylation is 1. The molecule has 11 heteroatoms. The highest BCUT2D eigenvalue weighted by molar-refractivity contribution is 6.32. The molecule has 0 radical (unpaired) electrons. The van der Waals surface area contributed by atoms with Crippen LogP contribution in [-0.4, -0.2) is 57.7 Å². The molecule has 8 nitrogen and oxygen atoms in total. The highest BCUT2D eigenvalue weighted by atomic mass is 35.5. The molecule has 5 atom stereocenters. The zero-order valence-corrected chi connectivity index (χ0v) is 20.6. The summed E-state index contributed by atoms with van der Waals surface area (Å²) in [6.07, 6.45) is -1.35. The number of ether oxygens (including phenoxy) is 4.